The Hall–Kier alpha value is -2.78. The van der Waals surface area contributed by atoms with Gasteiger partial charge in [0, 0.05) is 19.3 Å². The predicted molar refractivity (Wildman–Crippen MR) is 127 cm³/mol. The lowest BCUT2D eigenvalue weighted by molar-refractivity contribution is -0.136. The number of carbonyl (C=O) groups is 2. The van der Waals surface area contributed by atoms with Crippen molar-refractivity contribution in [1.82, 2.24) is 14.6 Å². The van der Waals surface area contributed by atoms with Crippen LogP contribution in [0.1, 0.15) is 38.7 Å². The summed E-state index contributed by atoms with van der Waals surface area (Å²) in [7, 11) is -3.86. The van der Waals surface area contributed by atoms with Crippen LogP contribution in [-0.4, -0.2) is 49.2 Å². The number of benzene rings is 1. The molecule has 1 fully saturated rings. The fourth-order valence-electron chi connectivity index (χ4n) is 3.92. The zero-order valence-electron chi connectivity index (χ0n) is 19.3. The standard InChI is InChI=1S/C24H32N4O4S/c1-17(2)15-21(27-33(31,32)20-11-9-18(3)10-12-20)24(30)28-14-6-7-19(16-28)23(29)26-22-8-4-5-13-25-22/h4-5,8-13,17,19,21,27H,6-7,14-16H2,1-3H3,(H,25,26,29)/t19-,21-/m0/s1. The van der Waals surface area contributed by atoms with E-state index in [0.29, 0.717) is 31.6 Å². The number of hydrogen-bond acceptors (Lipinski definition) is 5. The molecule has 1 saturated heterocycles. The van der Waals surface area contributed by atoms with Crippen LogP contribution in [0.2, 0.25) is 0 Å². The zero-order chi connectivity index (χ0) is 24.0. The van der Waals surface area contributed by atoms with Gasteiger partial charge in [-0.15, -0.1) is 0 Å². The van der Waals surface area contributed by atoms with Crippen molar-refractivity contribution >= 4 is 27.7 Å². The molecule has 1 aromatic heterocycles. The molecule has 8 nitrogen and oxygen atoms in total. The highest BCUT2D eigenvalue weighted by Crippen LogP contribution is 2.21. The van der Waals surface area contributed by atoms with Gasteiger partial charge in [-0.1, -0.05) is 37.6 Å². The third-order valence-corrected chi connectivity index (χ3v) is 7.14. The highest BCUT2D eigenvalue weighted by molar-refractivity contribution is 7.89. The minimum Gasteiger partial charge on any atom is -0.341 e. The van der Waals surface area contributed by atoms with Crippen molar-refractivity contribution in [2.75, 3.05) is 18.4 Å². The lowest BCUT2D eigenvalue weighted by Gasteiger charge is -2.34. The fourth-order valence-corrected chi connectivity index (χ4v) is 5.12. The quantitative estimate of drug-likeness (QED) is 0.614. The van der Waals surface area contributed by atoms with Gasteiger partial charge in [-0.2, -0.15) is 4.72 Å². The summed E-state index contributed by atoms with van der Waals surface area (Å²) in [6, 6.07) is 10.9. The minimum atomic E-state index is -3.86. The Morgan fingerprint density at radius 3 is 2.52 bits per heavy atom. The third-order valence-electron chi connectivity index (χ3n) is 5.65. The average Bonchev–Trinajstić information content (AvgIpc) is 2.78. The highest BCUT2D eigenvalue weighted by Gasteiger charge is 2.34. The van der Waals surface area contributed by atoms with Crippen molar-refractivity contribution in [3.8, 4) is 0 Å². The Morgan fingerprint density at radius 1 is 1.15 bits per heavy atom. The molecule has 0 spiro atoms. The topological polar surface area (TPSA) is 108 Å². The molecular weight excluding hydrogens is 440 g/mol. The number of aryl methyl sites for hydroxylation is 1. The van der Waals surface area contributed by atoms with E-state index in [1.165, 1.54) is 12.1 Å². The number of carbonyl (C=O) groups excluding carboxylic acids is 2. The predicted octanol–water partition coefficient (Wildman–Crippen LogP) is 2.96. The zero-order valence-corrected chi connectivity index (χ0v) is 20.1. The fraction of sp³-hybridized carbons (Fsp3) is 0.458. The van der Waals surface area contributed by atoms with Crippen LogP contribution in [0.25, 0.3) is 0 Å². The molecule has 2 aromatic rings. The number of nitrogens with zero attached hydrogens (tertiary/aromatic N) is 2. The van der Waals surface area contributed by atoms with Gasteiger partial charge in [-0.25, -0.2) is 13.4 Å². The van der Waals surface area contributed by atoms with Gasteiger partial charge in [0.15, 0.2) is 0 Å². The van der Waals surface area contributed by atoms with Crippen molar-refractivity contribution in [3.63, 3.8) is 0 Å². The number of piperidine rings is 1. The smallest absolute Gasteiger partial charge is 0.241 e. The number of pyridine rings is 1. The Balaban J connectivity index is 1.71. The summed E-state index contributed by atoms with van der Waals surface area (Å²) >= 11 is 0. The first-order valence-electron chi connectivity index (χ1n) is 11.3. The second kappa shape index (κ2) is 10.9. The first-order chi connectivity index (χ1) is 15.7. The lowest BCUT2D eigenvalue weighted by Crippen LogP contribution is -2.52. The summed E-state index contributed by atoms with van der Waals surface area (Å²) in [6.45, 7) is 6.51. The first kappa shape index (κ1) is 24.9. The van der Waals surface area contributed by atoms with E-state index in [1.54, 1.807) is 41.4 Å². The molecule has 33 heavy (non-hydrogen) atoms. The molecule has 2 heterocycles. The summed E-state index contributed by atoms with van der Waals surface area (Å²) in [5.74, 6) is -0.290. The van der Waals surface area contributed by atoms with E-state index in [2.05, 4.69) is 15.0 Å². The van der Waals surface area contributed by atoms with E-state index in [1.807, 2.05) is 20.8 Å². The minimum absolute atomic E-state index is 0.104. The molecule has 1 aliphatic heterocycles. The second-order valence-corrected chi connectivity index (χ2v) is 10.7. The molecule has 0 radical (unpaired) electrons. The van der Waals surface area contributed by atoms with Crippen molar-refractivity contribution in [2.24, 2.45) is 11.8 Å². The summed E-state index contributed by atoms with van der Waals surface area (Å²) in [5.41, 5.74) is 0.951. The number of hydrogen-bond donors (Lipinski definition) is 2. The molecule has 0 bridgehead atoms. The van der Waals surface area contributed by atoms with Crippen molar-refractivity contribution in [1.29, 1.82) is 0 Å². The molecule has 0 aliphatic carbocycles. The summed E-state index contributed by atoms with van der Waals surface area (Å²) < 4.78 is 28.5. The van der Waals surface area contributed by atoms with Crippen LogP contribution in [0.15, 0.2) is 53.6 Å². The van der Waals surface area contributed by atoms with Crippen LogP contribution in [0, 0.1) is 18.8 Å². The molecule has 178 valence electrons. The SMILES string of the molecule is Cc1ccc(S(=O)(=O)N[C@@H](CC(C)C)C(=O)N2CCC[C@H](C(=O)Nc3ccccn3)C2)cc1. The first-order valence-corrected chi connectivity index (χ1v) is 12.7. The second-order valence-electron chi connectivity index (χ2n) is 8.94. The third kappa shape index (κ3) is 6.85. The number of rotatable bonds is 8. The molecule has 2 atom stereocenters. The van der Waals surface area contributed by atoms with E-state index in [-0.39, 0.29) is 35.1 Å². The van der Waals surface area contributed by atoms with Crippen molar-refractivity contribution in [2.45, 2.75) is 51.0 Å². The largest absolute Gasteiger partial charge is 0.341 e. The Labute approximate surface area is 195 Å². The molecule has 1 aromatic carbocycles. The van der Waals surface area contributed by atoms with E-state index >= 15 is 0 Å². The molecule has 0 saturated carbocycles. The summed E-state index contributed by atoms with van der Waals surface area (Å²) in [4.78, 5) is 32.0. The van der Waals surface area contributed by atoms with Crippen LogP contribution in [-0.2, 0) is 19.6 Å². The van der Waals surface area contributed by atoms with Crippen molar-refractivity contribution < 1.29 is 18.0 Å². The van der Waals surface area contributed by atoms with Gasteiger partial charge in [0.1, 0.15) is 11.9 Å². The summed E-state index contributed by atoms with van der Waals surface area (Å²) in [5, 5.41) is 2.80. The maximum atomic E-state index is 13.4. The molecule has 3 rings (SSSR count). The number of nitrogens with one attached hydrogen (secondary N) is 2. The van der Waals surface area contributed by atoms with Gasteiger partial charge in [-0.3, -0.25) is 9.59 Å². The van der Waals surface area contributed by atoms with Gasteiger partial charge in [-0.05, 0) is 56.4 Å². The molecule has 2 amide bonds. The van der Waals surface area contributed by atoms with Gasteiger partial charge < -0.3 is 10.2 Å². The monoisotopic (exact) mass is 472 g/mol. The molecule has 0 unspecified atom stereocenters. The molecular formula is C24H32N4O4S. The maximum Gasteiger partial charge on any atom is 0.241 e. The van der Waals surface area contributed by atoms with Gasteiger partial charge in [0.25, 0.3) is 0 Å². The maximum absolute atomic E-state index is 13.4. The van der Waals surface area contributed by atoms with Crippen LogP contribution in [0.5, 0.6) is 0 Å². The molecule has 1 aliphatic rings. The highest BCUT2D eigenvalue weighted by atomic mass is 32.2. The number of anilines is 1. The van der Waals surface area contributed by atoms with E-state index < -0.39 is 16.1 Å². The Bertz CT molecular complexity index is 1060. The van der Waals surface area contributed by atoms with Crippen LogP contribution in [0.3, 0.4) is 0 Å². The number of likely N-dealkylation sites (tertiary alicyclic amines) is 1. The number of sulfonamides is 1. The Kier molecular flexibility index (Phi) is 8.20. The lowest BCUT2D eigenvalue weighted by atomic mass is 9.95. The van der Waals surface area contributed by atoms with Gasteiger partial charge in [0.05, 0.1) is 10.8 Å². The van der Waals surface area contributed by atoms with E-state index in [0.717, 1.165) is 5.56 Å². The average molecular weight is 473 g/mol. The van der Waals surface area contributed by atoms with Crippen LogP contribution >= 0.6 is 0 Å². The summed E-state index contributed by atoms with van der Waals surface area (Å²) in [6.07, 6.45) is 3.30. The van der Waals surface area contributed by atoms with Crippen LogP contribution < -0.4 is 10.0 Å². The molecule has 9 heteroatoms. The normalized spacial score (nSPS) is 17.6. The van der Waals surface area contributed by atoms with Gasteiger partial charge >= 0.3 is 0 Å². The number of amides is 2. The Morgan fingerprint density at radius 2 is 1.88 bits per heavy atom. The molecule has 2 N–H and O–H groups in total. The van der Waals surface area contributed by atoms with E-state index in [9.17, 15) is 18.0 Å². The number of aromatic nitrogens is 1. The van der Waals surface area contributed by atoms with Crippen LogP contribution in [0.4, 0.5) is 5.82 Å². The van der Waals surface area contributed by atoms with Gasteiger partial charge in [0.2, 0.25) is 21.8 Å². The van der Waals surface area contributed by atoms with Crippen molar-refractivity contribution in [3.05, 3.63) is 54.2 Å². The van der Waals surface area contributed by atoms with E-state index in [4.69, 9.17) is 0 Å².